The highest BCUT2D eigenvalue weighted by molar-refractivity contribution is 5.92. The van der Waals surface area contributed by atoms with Gasteiger partial charge in [-0.2, -0.15) is 0 Å². The Balaban J connectivity index is 1.54. The molecule has 144 valence electrons. The fraction of sp³-hybridized carbons (Fsp3) is 0.476. The van der Waals surface area contributed by atoms with Gasteiger partial charge in [-0.1, -0.05) is 19.1 Å². The minimum Gasteiger partial charge on any atom is -0.497 e. The predicted octanol–water partition coefficient (Wildman–Crippen LogP) is 3.23. The maximum atomic E-state index is 12.3. The zero-order valence-corrected chi connectivity index (χ0v) is 16.1. The van der Waals surface area contributed by atoms with Gasteiger partial charge in [0.05, 0.1) is 19.5 Å². The highest BCUT2D eigenvalue weighted by atomic mass is 16.5. The van der Waals surface area contributed by atoms with Gasteiger partial charge in [-0.25, -0.2) is 9.97 Å². The van der Waals surface area contributed by atoms with E-state index in [1.165, 1.54) is 19.3 Å². The molecule has 27 heavy (non-hydrogen) atoms. The number of hydrogen-bond acceptors (Lipinski definition) is 5. The number of anilines is 1. The summed E-state index contributed by atoms with van der Waals surface area (Å²) in [7, 11) is 1.65. The lowest BCUT2D eigenvalue weighted by Crippen LogP contribution is -2.39. The third kappa shape index (κ3) is 4.96. The van der Waals surface area contributed by atoms with Crippen molar-refractivity contribution in [1.82, 2.24) is 15.3 Å². The molecule has 1 aliphatic rings. The van der Waals surface area contributed by atoms with E-state index in [-0.39, 0.29) is 5.91 Å². The van der Waals surface area contributed by atoms with E-state index < -0.39 is 0 Å². The molecule has 1 saturated heterocycles. The van der Waals surface area contributed by atoms with E-state index in [2.05, 4.69) is 27.1 Å². The molecule has 0 saturated carbocycles. The molecule has 3 rings (SSSR count). The van der Waals surface area contributed by atoms with Crippen LogP contribution in [0.25, 0.3) is 0 Å². The van der Waals surface area contributed by atoms with Crippen LogP contribution in [-0.4, -0.2) is 42.1 Å². The van der Waals surface area contributed by atoms with Crippen molar-refractivity contribution in [2.45, 2.75) is 45.1 Å². The van der Waals surface area contributed by atoms with E-state index in [0.717, 1.165) is 36.5 Å². The van der Waals surface area contributed by atoms with Crippen molar-refractivity contribution in [2.24, 2.45) is 0 Å². The monoisotopic (exact) mass is 368 g/mol. The zero-order valence-electron chi connectivity index (χ0n) is 16.1. The first-order valence-electron chi connectivity index (χ1n) is 9.71. The summed E-state index contributed by atoms with van der Waals surface area (Å²) >= 11 is 0. The Labute approximate surface area is 161 Å². The first kappa shape index (κ1) is 19.1. The van der Waals surface area contributed by atoms with Gasteiger partial charge in [0.25, 0.3) is 5.91 Å². The molecule has 6 nitrogen and oxygen atoms in total. The first-order chi connectivity index (χ1) is 13.2. The molecule has 1 unspecified atom stereocenters. The highest BCUT2D eigenvalue weighted by Crippen LogP contribution is 2.24. The molecule has 0 spiro atoms. The smallest absolute Gasteiger partial charge is 0.271 e. The number of carbonyl (C=O) groups excluding carboxylic acids is 1. The fourth-order valence-corrected chi connectivity index (χ4v) is 3.55. The molecule has 1 aromatic heterocycles. The number of benzene rings is 1. The van der Waals surface area contributed by atoms with E-state index in [1.54, 1.807) is 19.5 Å². The van der Waals surface area contributed by atoms with E-state index >= 15 is 0 Å². The Bertz CT molecular complexity index is 748. The second-order valence-electron chi connectivity index (χ2n) is 6.87. The van der Waals surface area contributed by atoms with Crippen molar-refractivity contribution in [1.29, 1.82) is 0 Å². The molecule has 1 aliphatic heterocycles. The molecular weight excluding hydrogens is 340 g/mol. The number of methoxy groups -OCH3 is 1. The Morgan fingerprint density at radius 1 is 1.30 bits per heavy atom. The molecule has 0 radical (unpaired) electrons. The number of piperidine rings is 1. The van der Waals surface area contributed by atoms with Gasteiger partial charge in [0.15, 0.2) is 0 Å². The summed E-state index contributed by atoms with van der Waals surface area (Å²) in [5, 5.41) is 2.91. The van der Waals surface area contributed by atoms with Gasteiger partial charge < -0.3 is 15.0 Å². The summed E-state index contributed by atoms with van der Waals surface area (Å²) in [6, 6.07) is 8.38. The average molecular weight is 368 g/mol. The van der Waals surface area contributed by atoms with Gasteiger partial charge in [-0.05, 0) is 49.8 Å². The summed E-state index contributed by atoms with van der Waals surface area (Å²) in [5.74, 6) is 1.50. The van der Waals surface area contributed by atoms with Crippen molar-refractivity contribution < 1.29 is 9.53 Å². The number of hydrogen-bond donors (Lipinski definition) is 1. The molecule has 0 aliphatic carbocycles. The van der Waals surface area contributed by atoms with Gasteiger partial charge in [-0.3, -0.25) is 4.79 Å². The van der Waals surface area contributed by atoms with E-state index in [4.69, 9.17) is 4.74 Å². The zero-order chi connectivity index (χ0) is 19.1. The van der Waals surface area contributed by atoms with Crippen LogP contribution < -0.4 is 15.0 Å². The lowest BCUT2D eigenvalue weighted by atomic mass is 10.0. The Hall–Kier alpha value is -2.63. The van der Waals surface area contributed by atoms with Crippen LogP contribution in [0.3, 0.4) is 0 Å². The lowest BCUT2D eigenvalue weighted by Gasteiger charge is -2.35. The third-order valence-corrected chi connectivity index (χ3v) is 5.10. The molecule has 1 aromatic carbocycles. The Morgan fingerprint density at radius 2 is 2.19 bits per heavy atom. The third-order valence-electron chi connectivity index (χ3n) is 5.10. The average Bonchev–Trinajstić information content (AvgIpc) is 2.74. The van der Waals surface area contributed by atoms with E-state index in [1.807, 2.05) is 24.3 Å². The van der Waals surface area contributed by atoms with Crippen LogP contribution in [0.5, 0.6) is 5.75 Å². The van der Waals surface area contributed by atoms with Crippen LogP contribution in [0.15, 0.2) is 36.7 Å². The standard InChI is InChI=1S/C21H28N4O2/c1-3-17-8-4-5-12-25(17)20-15-23-19(14-24-20)21(26)22-11-10-16-7-6-9-18(13-16)27-2/h6-7,9,13-15,17H,3-5,8,10-12H2,1-2H3,(H,22,26). The van der Waals surface area contributed by atoms with Crippen molar-refractivity contribution in [3.8, 4) is 5.75 Å². The molecule has 0 bridgehead atoms. The first-order valence-corrected chi connectivity index (χ1v) is 9.71. The van der Waals surface area contributed by atoms with Gasteiger partial charge in [0, 0.05) is 19.1 Å². The van der Waals surface area contributed by atoms with Crippen molar-refractivity contribution in [3.63, 3.8) is 0 Å². The summed E-state index contributed by atoms with van der Waals surface area (Å²) in [6.07, 6.45) is 8.81. The number of carbonyl (C=O) groups is 1. The summed E-state index contributed by atoms with van der Waals surface area (Å²) in [5.41, 5.74) is 1.47. The van der Waals surface area contributed by atoms with Crippen molar-refractivity contribution in [3.05, 3.63) is 47.9 Å². The van der Waals surface area contributed by atoms with Gasteiger partial charge in [0.1, 0.15) is 17.3 Å². The van der Waals surface area contributed by atoms with Crippen LogP contribution in [0.2, 0.25) is 0 Å². The van der Waals surface area contributed by atoms with Gasteiger partial charge in [-0.15, -0.1) is 0 Å². The molecule has 2 heterocycles. The minimum absolute atomic E-state index is 0.192. The van der Waals surface area contributed by atoms with Gasteiger partial charge in [0.2, 0.25) is 0 Å². The maximum absolute atomic E-state index is 12.3. The van der Waals surface area contributed by atoms with Crippen LogP contribution in [0.1, 0.15) is 48.7 Å². The molecular formula is C21H28N4O2. The molecule has 1 atom stereocenters. The number of rotatable bonds is 7. The lowest BCUT2D eigenvalue weighted by molar-refractivity contribution is 0.0949. The predicted molar refractivity (Wildman–Crippen MR) is 106 cm³/mol. The van der Waals surface area contributed by atoms with Gasteiger partial charge >= 0.3 is 0 Å². The number of nitrogens with zero attached hydrogens (tertiary/aromatic N) is 3. The van der Waals surface area contributed by atoms with Crippen molar-refractivity contribution >= 4 is 11.7 Å². The van der Waals surface area contributed by atoms with Crippen molar-refractivity contribution in [2.75, 3.05) is 25.1 Å². The Morgan fingerprint density at radius 3 is 2.93 bits per heavy atom. The number of amides is 1. The summed E-state index contributed by atoms with van der Waals surface area (Å²) in [4.78, 5) is 23.5. The van der Waals surface area contributed by atoms with E-state index in [0.29, 0.717) is 18.3 Å². The number of ether oxygens (including phenoxy) is 1. The topological polar surface area (TPSA) is 67.4 Å². The van der Waals surface area contributed by atoms with Crippen LogP contribution in [0, 0.1) is 0 Å². The molecule has 2 aromatic rings. The second-order valence-corrected chi connectivity index (χ2v) is 6.87. The molecule has 6 heteroatoms. The highest BCUT2D eigenvalue weighted by Gasteiger charge is 2.22. The number of nitrogens with one attached hydrogen (secondary N) is 1. The van der Waals surface area contributed by atoms with E-state index in [9.17, 15) is 4.79 Å². The normalized spacial score (nSPS) is 16.8. The van der Waals surface area contributed by atoms with Crippen LogP contribution >= 0.6 is 0 Å². The Kier molecular flexibility index (Phi) is 6.63. The largest absolute Gasteiger partial charge is 0.497 e. The minimum atomic E-state index is -0.192. The summed E-state index contributed by atoms with van der Waals surface area (Å²) < 4.78 is 5.22. The quantitative estimate of drug-likeness (QED) is 0.813. The SMILES string of the molecule is CCC1CCCCN1c1cnc(C(=O)NCCc2cccc(OC)c2)cn1. The number of aromatic nitrogens is 2. The molecule has 1 N–H and O–H groups in total. The second kappa shape index (κ2) is 9.35. The molecule has 1 amide bonds. The summed E-state index contributed by atoms with van der Waals surface area (Å²) in [6.45, 7) is 3.76. The van der Waals surface area contributed by atoms with Crippen LogP contribution in [0.4, 0.5) is 5.82 Å². The fourth-order valence-electron chi connectivity index (χ4n) is 3.55. The molecule has 1 fully saturated rings. The van der Waals surface area contributed by atoms with Crippen LogP contribution in [-0.2, 0) is 6.42 Å². The maximum Gasteiger partial charge on any atom is 0.271 e.